The number of halogens is 1. The van der Waals surface area contributed by atoms with Crippen molar-refractivity contribution in [2.24, 2.45) is 0 Å². The fourth-order valence-corrected chi connectivity index (χ4v) is 7.48. The Bertz CT molecular complexity index is 1610. The fourth-order valence-electron chi connectivity index (χ4n) is 7.32. The van der Waals surface area contributed by atoms with Crippen LogP contribution in [0.5, 0.6) is 11.6 Å². The maximum atomic E-state index is 6.47. The van der Waals surface area contributed by atoms with Crippen molar-refractivity contribution in [1.29, 1.82) is 0 Å². The highest BCUT2D eigenvalue weighted by Crippen LogP contribution is 2.39. The lowest BCUT2D eigenvalue weighted by Gasteiger charge is -2.43. The number of rotatable bonds is 15. The third-order valence-corrected chi connectivity index (χ3v) is 9.97. The van der Waals surface area contributed by atoms with Gasteiger partial charge in [-0.1, -0.05) is 17.7 Å². The summed E-state index contributed by atoms with van der Waals surface area (Å²) in [5.74, 6) is 1.56. The van der Waals surface area contributed by atoms with Gasteiger partial charge in [-0.25, -0.2) is 14.6 Å². The molecular weight excluding hydrogens is 648 g/mol. The number of hydrogen-bond donors (Lipinski definition) is 1. The van der Waals surface area contributed by atoms with Crippen molar-refractivity contribution < 1.29 is 18.9 Å². The summed E-state index contributed by atoms with van der Waals surface area (Å²) >= 11 is 6.47. The van der Waals surface area contributed by atoms with E-state index in [4.69, 9.17) is 35.6 Å². The number of anilines is 2. The predicted octanol–water partition coefficient (Wildman–Crippen LogP) is 5.34. The van der Waals surface area contributed by atoms with E-state index in [2.05, 4.69) is 40.4 Å². The first-order valence-electron chi connectivity index (χ1n) is 17.4. The van der Waals surface area contributed by atoms with Crippen molar-refractivity contribution >= 4 is 23.2 Å². The van der Waals surface area contributed by atoms with Crippen LogP contribution in [0, 0.1) is 0 Å². The lowest BCUT2D eigenvalue weighted by molar-refractivity contribution is -0.0458. The zero-order chi connectivity index (χ0) is 33.6. The molecule has 1 aliphatic carbocycles. The second kappa shape index (κ2) is 15.8. The maximum Gasteiger partial charge on any atom is 0.256 e. The Kier molecular flexibility index (Phi) is 10.8. The van der Waals surface area contributed by atoms with Gasteiger partial charge < -0.3 is 24.3 Å². The smallest absolute Gasteiger partial charge is 0.256 e. The molecule has 49 heavy (non-hydrogen) atoms. The molecule has 3 aromatic heterocycles. The number of hydrogen-bond acceptors (Lipinski definition) is 12. The van der Waals surface area contributed by atoms with Crippen molar-refractivity contribution in [1.82, 2.24) is 44.9 Å². The van der Waals surface area contributed by atoms with Crippen LogP contribution in [0.2, 0.25) is 5.02 Å². The molecule has 0 spiro atoms. The van der Waals surface area contributed by atoms with Gasteiger partial charge in [-0.15, -0.1) is 10.2 Å². The number of morpholine rings is 1. The molecular formula is C34H45ClN10O4. The minimum atomic E-state index is -0.203. The summed E-state index contributed by atoms with van der Waals surface area (Å²) in [7, 11) is 0. The molecule has 7 rings (SSSR count). The Morgan fingerprint density at radius 1 is 0.980 bits per heavy atom. The summed E-state index contributed by atoms with van der Waals surface area (Å²) in [6, 6.07) is 7.76. The first-order valence-corrected chi connectivity index (χ1v) is 17.8. The van der Waals surface area contributed by atoms with E-state index in [1.807, 2.05) is 38.2 Å². The molecule has 3 aliphatic rings. The highest BCUT2D eigenvalue weighted by atomic mass is 35.5. The van der Waals surface area contributed by atoms with Gasteiger partial charge in [0.15, 0.2) is 0 Å². The van der Waals surface area contributed by atoms with Gasteiger partial charge in [-0.3, -0.25) is 9.58 Å². The number of tetrazole rings is 1. The van der Waals surface area contributed by atoms with Crippen LogP contribution in [0.15, 0.2) is 43.1 Å². The van der Waals surface area contributed by atoms with Gasteiger partial charge in [-0.2, -0.15) is 0 Å². The lowest BCUT2D eigenvalue weighted by atomic mass is 9.89. The lowest BCUT2D eigenvalue weighted by Crippen LogP contribution is -2.52. The van der Waals surface area contributed by atoms with Crippen molar-refractivity contribution in [3.05, 3.63) is 48.1 Å². The van der Waals surface area contributed by atoms with E-state index in [-0.39, 0.29) is 6.10 Å². The molecule has 2 bridgehead atoms. The average molecular weight is 693 g/mol. The quantitative estimate of drug-likeness (QED) is 0.161. The minimum absolute atomic E-state index is 0.203. The Balaban J connectivity index is 1.01. The van der Waals surface area contributed by atoms with Gasteiger partial charge in [0, 0.05) is 55.7 Å². The van der Waals surface area contributed by atoms with E-state index in [1.54, 1.807) is 23.4 Å². The molecule has 0 unspecified atom stereocenters. The maximum absolute atomic E-state index is 6.47. The molecule has 1 N–H and O–H groups in total. The Hall–Kier alpha value is -3.85. The molecule has 4 aromatic rings. The number of nitrogens with zero attached hydrogens (tertiary/aromatic N) is 9. The van der Waals surface area contributed by atoms with E-state index < -0.39 is 0 Å². The standard InChI is InChI=1S/C34H45ClN10O4/c1-3-46-13-4-14-48-33-31(19-44(40-33)26-6-8-27(9-7-26)45-28-10-11-29(45)21-47-20-28)39-34-36-16-25(17-37-34)24-5-12-30(35)32(15-24)49-23(2)18-43-22-38-41-42-43/h5,12,15-17,19,22-23,26-29H,3-4,6-11,13-14,18,20-21H2,1-2H3,(H,36,37,39)/t23-,26-,27-,28-,29+/m0/s1. The molecule has 262 valence electrons. The summed E-state index contributed by atoms with van der Waals surface area (Å²) < 4.78 is 27.3. The van der Waals surface area contributed by atoms with E-state index in [1.165, 1.54) is 25.7 Å². The number of benzene rings is 1. The van der Waals surface area contributed by atoms with Gasteiger partial charge in [0.05, 0.1) is 43.6 Å². The van der Waals surface area contributed by atoms with E-state index in [9.17, 15) is 0 Å². The number of fused-ring (bicyclic) bond motifs is 2. The van der Waals surface area contributed by atoms with Crippen molar-refractivity contribution in [2.45, 2.75) is 95.6 Å². The van der Waals surface area contributed by atoms with Gasteiger partial charge >= 0.3 is 0 Å². The van der Waals surface area contributed by atoms with Crippen molar-refractivity contribution in [3.63, 3.8) is 0 Å². The number of ether oxygens (including phenoxy) is 4. The monoisotopic (exact) mass is 692 g/mol. The molecule has 14 nitrogen and oxygen atoms in total. The van der Waals surface area contributed by atoms with E-state index >= 15 is 0 Å². The van der Waals surface area contributed by atoms with Gasteiger partial charge in [-0.05, 0) is 80.5 Å². The third-order valence-electron chi connectivity index (χ3n) is 9.66. The zero-order valence-electron chi connectivity index (χ0n) is 28.2. The van der Waals surface area contributed by atoms with Crippen LogP contribution < -0.4 is 14.8 Å². The van der Waals surface area contributed by atoms with Crippen molar-refractivity contribution in [3.8, 4) is 22.8 Å². The fraction of sp³-hybridized carbons (Fsp3) is 0.588. The zero-order valence-corrected chi connectivity index (χ0v) is 28.9. The normalized spacial score (nSPS) is 23.0. The molecule has 15 heteroatoms. The highest BCUT2D eigenvalue weighted by Gasteiger charge is 2.42. The summed E-state index contributed by atoms with van der Waals surface area (Å²) in [6.45, 7) is 8.03. The van der Waals surface area contributed by atoms with E-state index in [0.717, 1.165) is 49.3 Å². The van der Waals surface area contributed by atoms with Crippen LogP contribution >= 0.6 is 11.6 Å². The first kappa shape index (κ1) is 33.6. The van der Waals surface area contributed by atoms with Crippen LogP contribution in [-0.4, -0.2) is 102 Å². The second-order valence-electron chi connectivity index (χ2n) is 13.1. The van der Waals surface area contributed by atoms with Gasteiger partial charge in [0.2, 0.25) is 5.95 Å². The largest absolute Gasteiger partial charge is 0.487 e. The molecule has 5 heterocycles. The van der Waals surface area contributed by atoms with Gasteiger partial charge in [0.1, 0.15) is 23.9 Å². The predicted molar refractivity (Wildman–Crippen MR) is 183 cm³/mol. The SMILES string of the molecule is CCOCCCOc1nn([C@H]2CC[C@H](N3[C@@H]4CC[C@H]3COC4)CC2)cc1Nc1ncc(-c2ccc(Cl)c(O[C@@H](C)Cn3cnnn3)c2)cn1. The van der Waals surface area contributed by atoms with Gasteiger partial charge in [0.25, 0.3) is 5.88 Å². The molecule has 1 aromatic carbocycles. The number of nitrogens with one attached hydrogen (secondary N) is 1. The van der Waals surface area contributed by atoms with Crippen LogP contribution in [0.3, 0.4) is 0 Å². The molecule has 0 amide bonds. The molecule has 3 fully saturated rings. The summed E-state index contributed by atoms with van der Waals surface area (Å²) in [5.41, 5.74) is 2.46. The Morgan fingerprint density at radius 2 is 1.73 bits per heavy atom. The summed E-state index contributed by atoms with van der Waals surface area (Å²) in [6.07, 6.45) is 14.8. The molecule has 0 radical (unpaired) electrons. The first-order chi connectivity index (χ1) is 24.0. The molecule has 1 saturated carbocycles. The highest BCUT2D eigenvalue weighted by molar-refractivity contribution is 6.32. The van der Waals surface area contributed by atoms with Crippen molar-refractivity contribution in [2.75, 3.05) is 38.4 Å². The summed E-state index contributed by atoms with van der Waals surface area (Å²) in [4.78, 5) is 12.0. The molecule has 2 saturated heterocycles. The third kappa shape index (κ3) is 8.14. The minimum Gasteiger partial charge on any atom is -0.487 e. The Labute approximate surface area is 291 Å². The van der Waals surface area contributed by atoms with Crippen LogP contribution in [-0.2, 0) is 16.0 Å². The van der Waals surface area contributed by atoms with Crippen LogP contribution in [0.25, 0.3) is 11.1 Å². The molecule has 3 atom stereocenters. The second-order valence-corrected chi connectivity index (χ2v) is 13.5. The van der Waals surface area contributed by atoms with Crippen LogP contribution in [0.1, 0.15) is 64.8 Å². The van der Waals surface area contributed by atoms with E-state index in [0.29, 0.717) is 73.1 Å². The summed E-state index contributed by atoms with van der Waals surface area (Å²) in [5, 5.41) is 20.0. The topological polar surface area (TPSA) is 139 Å². The number of aromatic nitrogens is 8. The Morgan fingerprint density at radius 3 is 2.47 bits per heavy atom. The molecule has 2 aliphatic heterocycles. The average Bonchev–Trinajstić information content (AvgIpc) is 3.84. The van der Waals surface area contributed by atoms with Crippen LogP contribution in [0.4, 0.5) is 11.6 Å².